The molecule has 40 nitrogen and oxygen atoms in total. The molecule has 4 aromatic rings. The average Bonchev–Trinajstić information content (AvgIpc) is 1.64. The summed E-state index contributed by atoms with van der Waals surface area (Å²) in [6.45, 7) is 5.39. The van der Waals surface area contributed by atoms with Gasteiger partial charge in [-0.15, -0.1) is 0 Å². The van der Waals surface area contributed by atoms with E-state index in [1.54, 1.807) is 94.9 Å². The molecule has 0 bridgehead atoms. The van der Waals surface area contributed by atoms with Gasteiger partial charge in [0.2, 0.25) is 88.6 Å². The van der Waals surface area contributed by atoms with Crippen molar-refractivity contribution >= 4 is 128 Å². The van der Waals surface area contributed by atoms with E-state index in [9.17, 15) is 107 Å². The monoisotopic (exact) mass is 1620 g/mol. The molecule has 3 heterocycles. The minimum Gasteiger partial charge on any atom is -0.481 e. The van der Waals surface area contributed by atoms with Gasteiger partial charge in [0, 0.05) is 60.0 Å². The van der Waals surface area contributed by atoms with Crippen molar-refractivity contribution in [3.63, 3.8) is 0 Å². The van der Waals surface area contributed by atoms with E-state index in [1.807, 2.05) is 0 Å². The number of H-pyrrole nitrogens is 2. The summed E-state index contributed by atoms with van der Waals surface area (Å²) in [6, 6.07) is -8.18. The van der Waals surface area contributed by atoms with Crippen LogP contribution in [-0.2, 0) is 89.6 Å². The minimum absolute atomic E-state index is 0.00242. The van der Waals surface area contributed by atoms with E-state index < -0.39 is 243 Å². The molecule has 0 spiro atoms. The quantitative estimate of drug-likeness (QED) is 0.0195. The fraction of sp³-hybridized carbons (Fsp3) is 0.562. The minimum atomic E-state index is -1.92. The Hall–Kier alpha value is -10.8. The Morgan fingerprint density at radius 1 is 0.500 bits per heavy atom. The normalized spacial score (nSPS) is 16.9. The van der Waals surface area contributed by atoms with Crippen LogP contribution >= 0.6 is 11.8 Å². The molecule has 15 amide bonds. The van der Waals surface area contributed by atoms with Crippen LogP contribution in [0.4, 0.5) is 0 Å². The van der Waals surface area contributed by atoms with Gasteiger partial charge < -0.3 is 126 Å². The number of carboxylic acids is 1. The Labute approximate surface area is 660 Å². The second-order valence-corrected chi connectivity index (χ2v) is 28.9. The van der Waals surface area contributed by atoms with Crippen LogP contribution in [0.25, 0.3) is 21.8 Å². The summed E-state index contributed by atoms with van der Waals surface area (Å²) in [7, 11) is 0. The zero-order valence-corrected chi connectivity index (χ0v) is 65.4. The van der Waals surface area contributed by atoms with Gasteiger partial charge in [-0.05, 0) is 93.6 Å². The number of para-hydroxylation sites is 2. The van der Waals surface area contributed by atoms with Gasteiger partial charge in [-0.2, -0.15) is 11.8 Å². The smallest absolute Gasteiger partial charge is 0.303 e. The van der Waals surface area contributed by atoms with Crippen molar-refractivity contribution < 1.29 is 107 Å². The summed E-state index contributed by atoms with van der Waals surface area (Å²) in [5.41, 5.74) is 13.2. The first-order valence-corrected chi connectivity index (χ1v) is 38.6. The number of hydrogen-bond donors (Lipinski definition) is 23. The van der Waals surface area contributed by atoms with Crippen molar-refractivity contribution in [2.45, 2.75) is 197 Å². The highest BCUT2D eigenvalue weighted by molar-refractivity contribution is 7.98. The Kier molecular flexibility index (Phi) is 37.6. The summed E-state index contributed by atoms with van der Waals surface area (Å²) >= 11 is 1.41. The fourth-order valence-corrected chi connectivity index (χ4v) is 12.7. The number of aliphatic hydroxyl groups excluding tert-OH is 5. The molecule has 1 fully saturated rings. The van der Waals surface area contributed by atoms with Crippen LogP contribution in [0.15, 0.2) is 60.9 Å². The van der Waals surface area contributed by atoms with Crippen molar-refractivity contribution in [1.82, 2.24) is 84.0 Å². The molecule has 0 unspecified atom stereocenters. The molecule has 2 aromatic heterocycles. The highest BCUT2D eigenvalue weighted by Gasteiger charge is 2.42. The molecule has 0 radical (unpaired) electrons. The largest absolute Gasteiger partial charge is 0.481 e. The summed E-state index contributed by atoms with van der Waals surface area (Å²) in [5.74, 6) is -17.3. The van der Waals surface area contributed by atoms with Crippen molar-refractivity contribution in [3.8, 4) is 0 Å². The SMILES string of the molecule is CC[C@H](C)[C@H](NC(=O)[C@H](CO)NC(=O)[C@H](C)NC(=O)[C@@H]1CCCN1C(=O)[C@H](CO)NC(=O)[C@H](Cc1c[nH]c2ccccc12)NC(=O)[C@@H](NC(=O)[C@@H](NC(=O)[C@H](Cc1c[nH]c2ccccc12)NC(=O)[C@H](CCC(=O)O)NC(=O)[C@H](CO)NC(=O)[C@@H](N)CCSC)[C@@H](C)CC)[C@@H](C)O)C(=O)N[C@@H](CO)C(=O)N[C@@H](C)C(=O)NCC(N)=O. The van der Waals surface area contributed by atoms with E-state index in [4.69, 9.17) is 11.5 Å². The lowest BCUT2D eigenvalue weighted by Gasteiger charge is -2.31. The molecule has 0 saturated carbocycles. The van der Waals surface area contributed by atoms with Gasteiger partial charge in [0.15, 0.2) is 0 Å². The third-order valence-corrected chi connectivity index (χ3v) is 20.0. The number of nitrogens with two attached hydrogens (primary N) is 2. The number of rotatable bonds is 47. The number of primary amides is 1. The lowest BCUT2D eigenvalue weighted by Crippen LogP contribution is -2.63. The first-order chi connectivity index (χ1) is 54.1. The Morgan fingerprint density at radius 2 is 0.904 bits per heavy atom. The standard InChI is InChI=1S/C73H108N18O22S/c1-9-35(3)57(70(110)86-50(31-92)66(106)79-37(5)60(100)78-30-55(75)97)89-68(108)52(33-94)84-61(101)38(6)80-69(109)54-20-15-24-91(54)73(113)53(34-95)87-64(104)48(26-40-28-76-45-18-13-11-16-42(40)45)83-72(112)59(39(7)96)90-71(111)58(36(4)10-2)88-65(105)49(27-41-29-77-46-19-14-12-17-43(41)46)82-63(103)47(21-22-56(98)99)81-67(107)51(32-93)85-62(102)44(74)23-25-114-8/h11-14,16-19,28-29,35-39,44,47-54,57-59,76-77,92-96H,9-10,15,20-27,30-34,74H2,1-8H3,(H2,75,97)(H,78,100)(H,79,106)(H,80,109)(H,81,107)(H,82,103)(H,83,112)(H,84,101)(H,85,102)(H,86,110)(H,87,104)(H,88,105)(H,89,108)(H,90,111)(H,98,99)/t35-,36-,37-,38-,39+,44-,47-,48-,49-,50-,51-,52-,53-,54-,57-,58-,59-/m0/s1. The molecule has 0 aliphatic carbocycles. The average molecular weight is 1620 g/mol. The van der Waals surface area contributed by atoms with E-state index in [2.05, 4.69) is 79.1 Å². The van der Waals surface area contributed by atoms with E-state index in [1.165, 1.54) is 25.6 Å². The Balaban J connectivity index is 1.33. The van der Waals surface area contributed by atoms with Crippen LogP contribution in [0.1, 0.15) is 105 Å². The number of nitrogens with one attached hydrogen (secondary N) is 15. The number of thioether (sulfide) groups is 1. The van der Waals surface area contributed by atoms with E-state index in [0.717, 1.165) is 11.8 Å². The van der Waals surface area contributed by atoms with Gasteiger partial charge in [-0.1, -0.05) is 76.9 Å². The molecule has 2 aromatic carbocycles. The molecule has 1 aliphatic rings. The maximum absolute atomic E-state index is 14.9. The van der Waals surface area contributed by atoms with Gasteiger partial charge in [-0.25, -0.2) is 0 Å². The third kappa shape index (κ3) is 27.2. The number of benzene rings is 2. The highest BCUT2D eigenvalue weighted by Crippen LogP contribution is 2.24. The van der Waals surface area contributed by atoms with Crippen LogP contribution < -0.4 is 80.6 Å². The van der Waals surface area contributed by atoms with E-state index >= 15 is 0 Å². The number of fused-ring (bicyclic) bond motifs is 2. The van der Waals surface area contributed by atoms with Gasteiger partial charge in [0.25, 0.3) is 0 Å². The van der Waals surface area contributed by atoms with Crippen LogP contribution in [0.5, 0.6) is 0 Å². The summed E-state index contributed by atoms with van der Waals surface area (Å²) < 4.78 is 0. The number of carboxylic acid groups (broad SMARTS) is 1. The van der Waals surface area contributed by atoms with Crippen molar-refractivity contribution in [2.75, 3.05) is 51.5 Å². The van der Waals surface area contributed by atoms with Crippen LogP contribution in [-0.4, -0.2) is 282 Å². The number of aliphatic carboxylic acids is 1. The molecular weight excluding hydrogens is 1510 g/mol. The highest BCUT2D eigenvalue weighted by atomic mass is 32.2. The number of carbonyl (C=O) groups excluding carboxylic acids is 15. The molecule has 1 aliphatic heterocycles. The van der Waals surface area contributed by atoms with Crippen LogP contribution in [0.2, 0.25) is 0 Å². The molecule has 1 saturated heterocycles. The summed E-state index contributed by atoms with van der Waals surface area (Å²) in [5, 5.41) is 94.9. The third-order valence-electron chi connectivity index (χ3n) is 19.4. The van der Waals surface area contributed by atoms with Gasteiger partial charge >= 0.3 is 5.97 Å². The second-order valence-electron chi connectivity index (χ2n) is 27.9. The topological polar surface area (TPSA) is 638 Å². The summed E-state index contributed by atoms with van der Waals surface area (Å²) in [6.07, 6.45) is 2.14. The maximum atomic E-state index is 14.9. The lowest BCUT2D eigenvalue weighted by molar-refractivity contribution is -0.143. The lowest BCUT2D eigenvalue weighted by atomic mass is 9.96. The maximum Gasteiger partial charge on any atom is 0.303 e. The number of nitrogens with zero attached hydrogens (tertiary/aromatic N) is 1. The van der Waals surface area contributed by atoms with Gasteiger partial charge in [0.05, 0.1) is 45.1 Å². The van der Waals surface area contributed by atoms with Crippen molar-refractivity contribution in [2.24, 2.45) is 23.3 Å². The fourth-order valence-electron chi connectivity index (χ4n) is 12.2. The van der Waals surface area contributed by atoms with Crippen LogP contribution in [0.3, 0.4) is 0 Å². The number of hydrogen-bond acceptors (Lipinski definition) is 23. The number of carbonyl (C=O) groups is 16. The molecule has 5 rings (SSSR count). The predicted molar refractivity (Wildman–Crippen MR) is 412 cm³/mol. The number of aromatic nitrogens is 2. The first kappa shape index (κ1) is 93.7. The molecule has 17 atom stereocenters. The second kappa shape index (κ2) is 45.7. The van der Waals surface area contributed by atoms with Crippen molar-refractivity contribution in [1.29, 1.82) is 0 Å². The number of aromatic amines is 2. The molecule has 628 valence electrons. The predicted octanol–water partition coefficient (Wildman–Crippen LogP) is -6.73. The van der Waals surface area contributed by atoms with Gasteiger partial charge in [0.1, 0.15) is 78.5 Å². The van der Waals surface area contributed by atoms with Crippen molar-refractivity contribution in [3.05, 3.63) is 72.1 Å². The Morgan fingerprint density at radius 3 is 1.39 bits per heavy atom. The molecular formula is C73H108N18O22S. The number of likely N-dealkylation sites (tertiary alicyclic amines) is 1. The van der Waals surface area contributed by atoms with Crippen LogP contribution in [0, 0.1) is 11.8 Å². The molecule has 25 N–H and O–H groups in total. The first-order valence-electron chi connectivity index (χ1n) is 37.3. The summed E-state index contributed by atoms with van der Waals surface area (Å²) in [4.78, 5) is 225. The van der Waals surface area contributed by atoms with E-state index in [0.29, 0.717) is 38.7 Å². The zero-order chi connectivity index (χ0) is 84.8. The Bertz CT molecular complexity index is 4050. The molecule has 114 heavy (non-hydrogen) atoms. The number of aliphatic hydroxyl groups is 5. The van der Waals surface area contributed by atoms with Gasteiger partial charge in [-0.3, -0.25) is 76.7 Å². The number of amides is 15. The van der Waals surface area contributed by atoms with E-state index in [-0.39, 0.29) is 51.5 Å². The molecule has 41 heteroatoms. The zero-order valence-electron chi connectivity index (χ0n) is 64.6.